The topological polar surface area (TPSA) is 134 Å². The summed E-state index contributed by atoms with van der Waals surface area (Å²) in [6.45, 7) is 1.86. The molecule has 2 amide bonds. The van der Waals surface area contributed by atoms with Crippen LogP contribution in [0.3, 0.4) is 0 Å². The van der Waals surface area contributed by atoms with Gasteiger partial charge in [-0.3, -0.25) is 19.4 Å². The number of carbonyl (C=O) groups is 3. The van der Waals surface area contributed by atoms with Gasteiger partial charge in [0, 0.05) is 50.1 Å². The molecular formula is C37H41F6N3O7S2. The van der Waals surface area contributed by atoms with E-state index in [2.05, 4.69) is 4.98 Å². The third-order valence-electron chi connectivity index (χ3n) is 10.0. The second-order valence-electron chi connectivity index (χ2n) is 13.7. The number of pyridine rings is 1. The fourth-order valence-electron chi connectivity index (χ4n) is 7.52. The molecule has 1 N–H and O–H groups in total. The van der Waals surface area contributed by atoms with Crippen molar-refractivity contribution in [2.24, 2.45) is 0 Å². The molecule has 3 aromatic rings. The van der Waals surface area contributed by atoms with Crippen molar-refractivity contribution in [1.29, 1.82) is 0 Å². The number of amides is 2. The first kappa shape index (κ1) is 42.0. The van der Waals surface area contributed by atoms with Crippen molar-refractivity contribution in [2.75, 3.05) is 25.4 Å². The molecule has 0 aliphatic carbocycles. The van der Waals surface area contributed by atoms with Crippen LogP contribution in [0, 0.1) is 0 Å². The number of carbonyl (C=O) groups excluding carboxylic acids is 2. The molecule has 2 fully saturated rings. The zero-order valence-corrected chi connectivity index (χ0v) is 31.5. The summed E-state index contributed by atoms with van der Waals surface area (Å²) in [4.78, 5) is 45.3. The highest BCUT2D eigenvalue weighted by atomic mass is 32.2. The predicted molar refractivity (Wildman–Crippen MR) is 189 cm³/mol. The molecule has 2 aromatic heterocycles. The van der Waals surface area contributed by atoms with Gasteiger partial charge in [0.25, 0.3) is 11.8 Å². The fourth-order valence-corrected chi connectivity index (χ4v) is 9.88. The van der Waals surface area contributed by atoms with Crippen LogP contribution in [0.4, 0.5) is 26.3 Å². The number of likely N-dealkylation sites (tertiary alicyclic amines) is 2. The molecule has 2 aliphatic heterocycles. The number of hydrogen-bond donors (Lipinski definition) is 1. The highest BCUT2D eigenvalue weighted by Crippen LogP contribution is 2.43. The monoisotopic (exact) mass is 817 g/mol. The Balaban J connectivity index is 1.46. The van der Waals surface area contributed by atoms with Crippen molar-refractivity contribution >= 4 is 39.0 Å². The molecule has 18 heteroatoms. The van der Waals surface area contributed by atoms with Crippen molar-refractivity contribution in [2.45, 2.75) is 99.5 Å². The van der Waals surface area contributed by atoms with Crippen LogP contribution in [-0.4, -0.2) is 83.1 Å². The minimum absolute atomic E-state index is 0.0469. The number of unbranched alkanes of at least 4 members (excludes halogenated alkanes) is 1. The molecule has 0 bridgehead atoms. The smallest absolute Gasteiger partial charge is 0.425 e. The van der Waals surface area contributed by atoms with Crippen molar-refractivity contribution in [3.05, 3.63) is 75.7 Å². The third-order valence-corrected chi connectivity index (χ3v) is 12.9. The molecule has 2 saturated heterocycles. The van der Waals surface area contributed by atoms with Crippen LogP contribution in [0.1, 0.15) is 97.1 Å². The highest BCUT2D eigenvalue weighted by molar-refractivity contribution is 7.91. The first-order chi connectivity index (χ1) is 25.9. The molecule has 0 unspecified atom stereocenters. The number of hydrogen-bond acceptors (Lipinski definition) is 8. The lowest BCUT2D eigenvalue weighted by Crippen LogP contribution is -2.68. The maximum absolute atomic E-state index is 14.9. The van der Waals surface area contributed by atoms with Crippen molar-refractivity contribution < 1.29 is 59.0 Å². The lowest BCUT2D eigenvalue weighted by molar-refractivity contribution is -0.160. The Kier molecular flexibility index (Phi) is 12.9. The number of aromatic nitrogens is 1. The first-order valence-corrected chi connectivity index (χ1v) is 20.4. The number of piperidine rings is 2. The summed E-state index contributed by atoms with van der Waals surface area (Å²) in [6.07, 6.45) is -7.36. The average Bonchev–Trinajstić information content (AvgIpc) is 3.62. The quantitative estimate of drug-likeness (QED) is 0.136. The largest absolute Gasteiger partial charge is 0.481 e. The number of ether oxygens (including phenoxy) is 1. The lowest BCUT2D eigenvalue weighted by Gasteiger charge is -2.50. The van der Waals surface area contributed by atoms with E-state index in [1.807, 2.05) is 0 Å². The Morgan fingerprint density at radius 3 is 2.35 bits per heavy atom. The van der Waals surface area contributed by atoms with Crippen LogP contribution in [-0.2, 0) is 31.8 Å². The van der Waals surface area contributed by atoms with Crippen molar-refractivity contribution in [3.8, 4) is 5.75 Å². The van der Waals surface area contributed by atoms with Gasteiger partial charge >= 0.3 is 18.3 Å². The zero-order valence-electron chi connectivity index (χ0n) is 29.9. The zero-order chi connectivity index (χ0) is 40.2. The maximum atomic E-state index is 14.9. The van der Waals surface area contributed by atoms with Gasteiger partial charge in [-0.25, -0.2) is 8.42 Å². The predicted octanol–water partition coefficient (Wildman–Crippen LogP) is 7.84. The van der Waals surface area contributed by atoms with Gasteiger partial charge in [0.1, 0.15) is 16.3 Å². The lowest BCUT2D eigenvalue weighted by atomic mass is 9.79. The normalized spacial score (nSPS) is 20.0. The Morgan fingerprint density at radius 1 is 1.00 bits per heavy atom. The number of carboxylic acid groups (broad SMARTS) is 1. The van der Waals surface area contributed by atoms with Gasteiger partial charge in [-0.05, 0) is 68.2 Å². The van der Waals surface area contributed by atoms with E-state index in [4.69, 9.17) is 9.84 Å². The first-order valence-electron chi connectivity index (χ1n) is 17.9. The number of aliphatic carboxylic acids is 1. The number of nitrogens with zero attached hydrogens (tertiary/aromatic N) is 3. The average molecular weight is 818 g/mol. The SMILES string of the molecule is CCC[C@H]1N(C(=O)c2ncccc2C(F)(F)F)CCC[C@@]1(Oc1csc(C(F)(F)F)c1)C(=O)N1CCC(c2ccccc2S(=O)(=O)CCCCC(=O)O)CC1. The van der Waals surface area contributed by atoms with E-state index in [1.165, 1.54) is 11.0 Å². The van der Waals surface area contributed by atoms with Gasteiger partial charge in [-0.2, -0.15) is 26.3 Å². The van der Waals surface area contributed by atoms with Crippen molar-refractivity contribution in [3.63, 3.8) is 0 Å². The van der Waals surface area contributed by atoms with Crippen LogP contribution in [0.5, 0.6) is 5.75 Å². The molecule has 10 nitrogen and oxygen atoms in total. The fraction of sp³-hybridized carbons (Fsp3) is 0.514. The summed E-state index contributed by atoms with van der Waals surface area (Å²) in [5.41, 5.74) is -3.57. The second kappa shape index (κ2) is 16.9. The minimum Gasteiger partial charge on any atom is -0.481 e. The van der Waals surface area contributed by atoms with Crippen LogP contribution in [0.15, 0.2) is 58.9 Å². The van der Waals surface area contributed by atoms with E-state index in [1.54, 1.807) is 25.1 Å². The van der Waals surface area contributed by atoms with Crippen LogP contribution in [0.2, 0.25) is 0 Å². The van der Waals surface area contributed by atoms with Gasteiger partial charge in [-0.15, -0.1) is 11.3 Å². The van der Waals surface area contributed by atoms with Crippen LogP contribution >= 0.6 is 11.3 Å². The Hall–Kier alpha value is -4.19. The molecule has 1 aromatic carbocycles. The van der Waals surface area contributed by atoms with Crippen LogP contribution in [0.25, 0.3) is 0 Å². The number of sulfone groups is 1. The molecule has 300 valence electrons. The van der Waals surface area contributed by atoms with Gasteiger partial charge in [0.15, 0.2) is 9.84 Å². The van der Waals surface area contributed by atoms with E-state index < -0.39 is 67.8 Å². The van der Waals surface area contributed by atoms with Gasteiger partial charge in [-0.1, -0.05) is 31.5 Å². The number of thiophene rings is 1. The summed E-state index contributed by atoms with van der Waals surface area (Å²) < 4.78 is 116. The summed E-state index contributed by atoms with van der Waals surface area (Å²) in [5, 5.41) is 10.0. The van der Waals surface area contributed by atoms with E-state index >= 15 is 0 Å². The number of alkyl halides is 6. The Morgan fingerprint density at radius 2 is 1.71 bits per heavy atom. The van der Waals surface area contributed by atoms with E-state index in [-0.39, 0.29) is 80.5 Å². The van der Waals surface area contributed by atoms with Crippen molar-refractivity contribution in [1.82, 2.24) is 14.8 Å². The Labute approximate surface area is 318 Å². The molecule has 4 heterocycles. The molecular weight excluding hydrogens is 777 g/mol. The summed E-state index contributed by atoms with van der Waals surface area (Å²) in [6, 6.07) is 7.82. The van der Waals surface area contributed by atoms with Crippen LogP contribution < -0.4 is 4.74 Å². The van der Waals surface area contributed by atoms with Gasteiger partial charge < -0.3 is 19.6 Å². The molecule has 0 saturated carbocycles. The van der Waals surface area contributed by atoms with E-state index in [0.29, 0.717) is 36.2 Å². The highest BCUT2D eigenvalue weighted by Gasteiger charge is 2.56. The summed E-state index contributed by atoms with van der Waals surface area (Å²) >= 11 is 0.357. The maximum Gasteiger partial charge on any atom is 0.425 e. The molecule has 0 spiro atoms. The third kappa shape index (κ3) is 9.44. The van der Waals surface area contributed by atoms with E-state index in [0.717, 1.165) is 34.7 Å². The number of rotatable bonds is 13. The number of halogens is 6. The standard InChI is InChI=1S/C37H41F6N3O7S2/c1-2-9-29-35(53-25-22-30(54-23-25)37(41,42)43,16-8-18-46(29)33(49)32-27(36(38,39)40)11-7-17-44-32)34(50)45-19-14-24(15-20-45)26-10-3-4-12-28(26)55(51,52)21-6-5-13-31(47)48/h3-4,7,10-12,17,22-24,29H,2,5-6,8-9,13-16,18-21H2,1H3,(H,47,48)/t29-,35+/m1/s1. The molecule has 5 rings (SSSR count). The molecule has 2 atom stereocenters. The summed E-state index contributed by atoms with van der Waals surface area (Å²) in [5.74, 6) is -3.58. The Bertz CT molecular complexity index is 1960. The molecule has 2 aliphatic rings. The van der Waals surface area contributed by atoms with E-state index in [9.17, 15) is 49.1 Å². The molecule has 0 radical (unpaired) electrons. The molecule has 55 heavy (non-hydrogen) atoms. The van der Waals surface area contributed by atoms with Gasteiger partial charge in [0.05, 0.1) is 22.3 Å². The minimum atomic E-state index is -4.92. The van der Waals surface area contributed by atoms with Gasteiger partial charge in [0.2, 0.25) is 5.60 Å². The number of benzene rings is 1. The number of carboxylic acids is 1. The summed E-state index contributed by atoms with van der Waals surface area (Å²) in [7, 11) is -3.79. The second-order valence-corrected chi connectivity index (χ2v) is 16.7.